The maximum absolute atomic E-state index is 11.2. The smallest absolute Gasteiger partial charge is 0.125 e. The fourth-order valence-corrected chi connectivity index (χ4v) is 3.49. The van der Waals surface area contributed by atoms with Gasteiger partial charge in [-0.15, -0.1) is 0 Å². The van der Waals surface area contributed by atoms with Gasteiger partial charge in [-0.1, -0.05) is 38.5 Å². The first kappa shape index (κ1) is 16.4. The number of benzene rings is 1. The molecule has 1 saturated carbocycles. The van der Waals surface area contributed by atoms with E-state index in [2.05, 4.69) is 13.8 Å². The lowest BCUT2D eigenvalue weighted by molar-refractivity contribution is 0.0155. The number of para-hydroxylation sites is 1. The SMILES string of the molecule is CC(C)Oc1ccccc1C1(O)CCCC(C(C)C)CC1. The molecule has 0 aliphatic heterocycles. The van der Waals surface area contributed by atoms with Gasteiger partial charge in [0.2, 0.25) is 0 Å². The topological polar surface area (TPSA) is 29.5 Å². The highest BCUT2D eigenvalue weighted by molar-refractivity contribution is 5.38. The maximum atomic E-state index is 11.2. The second kappa shape index (κ2) is 6.83. The van der Waals surface area contributed by atoms with Gasteiger partial charge < -0.3 is 9.84 Å². The van der Waals surface area contributed by atoms with E-state index in [4.69, 9.17) is 4.74 Å². The lowest BCUT2D eigenvalue weighted by Crippen LogP contribution is -2.26. The van der Waals surface area contributed by atoms with Crippen molar-refractivity contribution < 1.29 is 9.84 Å². The fourth-order valence-electron chi connectivity index (χ4n) is 3.49. The van der Waals surface area contributed by atoms with Gasteiger partial charge in [-0.2, -0.15) is 0 Å². The Morgan fingerprint density at radius 1 is 1.10 bits per heavy atom. The molecule has 1 fully saturated rings. The van der Waals surface area contributed by atoms with E-state index in [-0.39, 0.29) is 6.10 Å². The van der Waals surface area contributed by atoms with E-state index in [9.17, 15) is 5.11 Å². The molecule has 1 aromatic carbocycles. The number of rotatable bonds is 4. The van der Waals surface area contributed by atoms with Gasteiger partial charge in [-0.25, -0.2) is 0 Å². The molecule has 21 heavy (non-hydrogen) atoms. The minimum absolute atomic E-state index is 0.129. The summed E-state index contributed by atoms with van der Waals surface area (Å²) in [7, 11) is 0. The molecule has 1 aliphatic carbocycles. The van der Waals surface area contributed by atoms with E-state index in [1.807, 2.05) is 38.1 Å². The summed E-state index contributed by atoms with van der Waals surface area (Å²) in [6.07, 6.45) is 5.24. The van der Waals surface area contributed by atoms with Gasteiger partial charge in [0.05, 0.1) is 11.7 Å². The Bertz CT molecular complexity index is 453. The molecule has 0 heterocycles. The minimum atomic E-state index is -0.727. The first-order chi connectivity index (χ1) is 9.92. The van der Waals surface area contributed by atoms with Crippen LogP contribution in [0.15, 0.2) is 24.3 Å². The van der Waals surface area contributed by atoms with Crippen molar-refractivity contribution in [2.24, 2.45) is 11.8 Å². The second-order valence-electron chi connectivity index (χ2n) is 7.13. The highest BCUT2D eigenvalue weighted by Crippen LogP contribution is 2.43. The Labute approximate surface area is 129 Å². The quantitative estimate of drug-likeness (QED) is 0.799. The van der Waals surface area contributed by atoms with E-state index >= 15 is 0 Å². The molecule has 118 valence electrons. The van der Waals surface area contributed by atoms with Crippen molar-refractivity contribution >= 4 is 0 Å². The second-order valence-corrected chi connectivity index (χ2v) is 7.13. The van der Waals surface area contributed by atoms with Crippen LogP contribution in [0.1, 0.15) is 65.4 Å². The van der Waals surface area contributed by atoms with Gasteiger partial charge >= 0.3 is 0 Å². The number of aliphatic hydroxyl groups is 1. The summed E-state index contributed by atoms with van der Waals surface area (Å²) in [6.45, 7) is 8.65. The van der Waals surface area contributed by atoms with E-state index < -0.39 is 5.60 Å². The van der Waals surface area contributed by atoms with Crippen LogP contribution < -0.4 is 4.74 Å². The minimum Gasteiger partial charge on any atom is -0.491 e. The largest absolute Gasteiger partial charge is 0.491 e. The molecule has 1 N–H and O–H groups in total. The predicted molar refractivity (Wildman–Crippen MR) is 87.5 cm³/mol. The molecular weight excluding hydrogens is 260 g/mol. The van der Waals surface area contributed by atoms with Crippen molar-refractivity contribution in [1.29, 1.82) is 0 Å². The van der Waals surface area contributed by atoms with Crippen LogP contribution in [0.4, 0.5) is 0 Å². The highest BCUT2D eigenvalue weighted by Gasteiger charge is 2.35. The molecule has 0 spiro atoms. The van der Waals surface area contributed by atoms with Gasteiger partial charge in [0.1, 0.15) is 5.75 Å². The summed E-state index contributed by atoms with van der Waals surface area (Å²) in [5.41, 5.74) is 0.248. The van der Waals surface area contributed by atoms with E-state index in [0.717, 1.165) is 42.9 Å². The van der Waals surface area contributed by atoms with Crippen molar-refractivity contribution in [3.63, 3.8) is 0 Å². The van der Waals surface area contributed by atoms with Crippen molar-refractivity contribution in [3.05, 3.63) is 29.8 Å². The van der Waals surface area contributed by atoms with Crippen LogP contribution in [0.25, 0.3) is 0 Å². The maximum Gasteiger partial charge on any atom is 0.125 e. The Balaban J connectivity index is 2.23. The molecule has 2 atom stereocenters. The van der Waals surface area contributed by atoms with Gasteiger partial charge in [0.25, 0.3) is 0 Å². The third kappa shape index (κ3) is 4.00. The Morgan fingerprint density at radius 2 is 1.81 bits per heavy atom. The molecule has 2 nitrogen and oxygen atoms in total. The average Bonchev–Trinajstić information content (AvgIpc) is 2.61. The fraction of sp³-hybridized carbons (Fsp3) is 0.684. The molecule has 0 amide bonds. The molecular formula is C19H30O2. The molecule has 2 unspecified atom stereocenters. The number of hydrogen-bond donors (Lipinski definition) is 1. The molecule has 0 saturated heterocycles. The lowest BCUT2D eigenvalue weighted by atomic mass is 9.84. The van der Waals surface area contributed by atoms with Gasteiger partial charge in [-0.3, -0.25) is 0 Å². The van der Waals surface area contributed by atoms with Crippen LogP contribution in [0.2, 0.25) is 0 Å². The molecule has 2 heteroatoms. The van der Waals surface area contributed by atoms with Crippen LogP contribution in [0.3, 0.4) is 0 Å². The molecule has 0 bridgehead atoms. The molecule has 0 radical (unpaired) electrons. The standard InChI is InChI=1S/C19H30O2/c1-14(2)16-8-7-12-19(20,13-11-16)17-9-5-6-10-18(17)21-15(3)4/h5-6,9-10,14-16,20H,7-8,11-13H2,1-4H3. The Morgan fingerprint density at radius 3 is 2.48 bits per heavy atom. The van der Waals surface area contributed by atoms with Crippen molar-refractivity contribution in [1.82, 2.24) is 0 Å². The summed E-state index contributed by atoms with van der Waals surface area (Å²) < 4.78 is 5.92. The van der Waals surface area contributed by atoms with Crippen LogP contribution in [0.5, 0.6) is 5.75 Å². The number of hydrogen-bond acceptors (Lipinski definition) is 2. The van der Waals surface area contributed by atoms with Gasteiger partial charge in [0, 0.05) is 5.56 Å². The predicted octanol–water partition coefficient (Wildman–Crippen LogP) is 4.90. The van der Waals surface area contributed by atoms with Gasteiger partial charge in [0.15, 0.2) is 0 Å². The molecule has 2 rings (SSSR count). The summed E-state index contributed by atoms with van der Waals surface area (Å²) in [5.74, 6) is 2.28. The highest BCUT2D eigenvalue weighted by atomic mass is 16.5. The summed E-state index contributed by atoms with van der Waals surface area (Å²) in [4.78, 5) is 0. The van der Waals surface area contributed by atoms with E-state index in [1.165, 1.54) is 6.42 Å². The normalized spacial score (nSPS) is 26.9. The average molecular weight is 290 g/mol. The van der Waals surface area contributed by atoms with Crippen LogP contribution in [-0.4, -0.2) is 11.2 Å². The van der Waals surface area contributed by atoms with Crippen LogP contribution in [-0.2, 0) is 5.60 Å². The first-order valence-corrected chi connectivity index (χ1v) is 8.41. The van der Waals surface area contributed by atoms with Crippen molar-refractivity contribution in [2.45, 2.75) is 71.5 Å². The van der Waals surface area contributed by atoms with E-state index in [1.54, 1.807) is 0 Å². The zero-order valence-electron chi connectivity index (χ0n) is 13.9. The number of ether oxygens (including phenoxy) is 1. The van der Waals surface area contributed by atoms with Crippen molar-refractivity contribution in [3.8, 4) is 5.75 Å². The molecule has 1 aromatic rings. The zero-order chi connectivity index (χ0) is 15.5. The Kier molecular flexibility index (Phi) is 5.32. The zero-order valence-corrected chi connectivity index (χ0v) is 13.9. The first-order valence-electron chi connectivity index (χ1n) is 8.41. The van der Waals surface area contributed by atoms with Gasteiger partial charge in [-0.05, 0) is 57.4 Å². The summed E-state index contributed by atoms with van der Waals surface area (Å²) in [5, 5.41) is 11.2. The third-order valence-electron chi connectivity index (χ3n) is 4.79. The monoisotopic (exact) mass is 290 g/mol. The van der Waals surface area contributed by atoms with Crippen LogP contribution in [0, 0.1) is 11.8 Å². The summed E-state index contributed by atoms with van der Waals surface area (Å²) in [6, 6.07) is 8.01. The Hall–Kier alpha value is -1.02. The molecule has 1 aliphatic rings. The molecule has 0 aromatic heterocycles. The summed E-state index contributed by atoms with van der Waals surface area (Å²) >= 11 is 0. The van der Waals surface area contributed by atoms with Crippen LogP contribution >= 0.6 is 0 Å². The van der Waals surface area contributed by atoms with Crippen molar-refractivity contribution in [2.75, 3.05) is 0 Å². The van der Waals surface area contributed by atoms with E-state index in [0.29, 0.717) is 5.92 Å². The third-order valence-corrected chi connectivity index (χ3v) is 4.79. The lowest BCUT2D eigenvalue weighted by Gasteiger charge is -2.30.